The molecular formula is C22H23N3O4. The van der Waals surface area contributed by atoms with Crippen molar-refractivity contribution in [1.82, 2.24) is 15.3 Å². The molecule has 4 rings (SSSR count). The van der Waals surface area contributed by atoms with Crippen LogP contribution in [0.5, 0.6) is 11.6 Å². The van der Waals surface area contributed by atoms with Crippen LogP contribution < -0.4 is 20.3 Å². The monoisotopic (exact) mass is 393 g/mol. The average Bonchev–Trinajstić information content (AvgIpc) is 3.10. The molecule has 2 aromatic heterocycles. The number of ether oxygens (including phenoxy) is 2. The van der Waals surface area contributed by atoms with Gasteiger partial charge in [0.25, 0.3) is 0 Å². The van der Waals surface area contributed by atoms with E-state index in [0.717, 1.165) is 22.8 Å². The number of hydrogen-bond donors (Lipinski definition) is 2. The standard InChI is InChI=1S/C22H23N3O4/c1-13(2)29-15-7-8-16-17(10-15)22(28-12-14-6-9-21(27)24-14)23-11-18(16)19-4-3-5-20(26)25-19/h3-5,7-8,10-11,13-14H,6,9,12H2,1-2H3,(H,24,27)(H,25,26)/t14-/m0/s1. The molecule has 1 saturated heterocycles. The van der Waals surface area contributed by atoms with Gasteiger partial charge in [-0.25, -0.2) is 4.98 Å². The van der Waals surface area contributed by atoms with Gasteiger partial charge < -0.3 is 19.8 Å². The quantitative estimate of drug-likeness (QED) is 0.671. The first-order valence-corrected chi connectivity index (χ1v) is 9.71. The lowest BCUT2D eigenvalue weighted by atomic mass is 10.0. The van der Waals surface area contributed by atoms with E-state index in [1.54, 1.807) is 12.3 Å². The van der Waals surface area contributed by atoms with E-state index < -0.39 is 0 Å². The number of aromatic nitrogens is 2. The van der Waals surface area contributed by atoms with Crippen LogP contribution in [0.2, 0.25) is 0 Å². The Morgan fingerprint density at radius 1 is 1.17 bits per heavy atom. The van der Waals surface area contributed by atoms with Crippen LogP contribution in [0.25, 0.3) is 22.0 Å². The fraction of sp³-hybridized carbons (Fsp3) is 0.318. The molecule has 1 aromatic carbocycles. The van der Waals surface area contributed by atoms with Crippen molar-refractivity contribution in [2.75, 3.05) is 6.61 Å². The number of fused-ring (bicyclic) bond motifs is 1. The molecule has 0 radical (unpaired) electrons. The zero-order valence-corrected chi connectivity index (χ0v) is 16.4. The maximum Gasteiger partial charge on any atom is 0.248 e. The Morgan fingerprint density at radius 3 is 2.76 bits per heavy atom. The van der Waals surface area contributed by atoms with Crippen molar-refractivity contribution in [1.29, 1.82) is 0 Å². The maximum absolute atomic E-state index is 11.8. The normalized spacial score (nSPS) is 16.2. The van der Waals surface area contributed by atoms with E-state index in [1.165, 1.54) is 6.07 Å². The second-order valence-electron chi connectivity index (χ2n) is 7.39. The number of amides is 1. The Hall–Kier alpha value is -3.35. The molecule has 0 saturated carbocycles. The molecule has 0 aliphatic carbocycles. The smallest absolute Gasteiger partial charge is 0.248 e. The zero-order chi connectivity index (χ0) is 20.4. The van der Waals surface area contributed by atoms with Gasteiger partial charge in [-0.2, -0.15) is 0 Å². The molecule has 0 spiro atoms. The van der Waals surface area contributed by atoms with E-state index in [4.69, 9.17) is 9.47 Å². The van der Waals surface area contributed by atoms with E-state index in [1.807, 2.05) is 38.1 Å². The SMILES string of the molecule is CC(C)Oc1ccc2c(-c3cccc(=O)[nH]3)cnc(OC[C@@H]3CCC(=O)N3)c2c1. The number of carbonyl (C=O) groups excluding carboxylic acids is 1. The van der Waals surface area contributed by atoms with Crippen LogP contribution in [0.15, 0.2) is 47.4 Å². The van der Waals surface area contributed by atoms with Crippen LogP contribution in [-0.2, 0) is 4.79 Å². The summed E-state index contributed by atoms with van der Waals surface area (Å²) in [6.07, 6.45) is 3.00. The third kappa shape index (κ3) is 4.23. The van der Waals surface area contributed by atoms with E-state index in [0.29, 0.717) is 30.4 Å². The van der Waals surface area contributed by atoms with E-state index >= 15 is 0 Å². The minimum atomic E-state index is -0.173. The van der Waals surface area contributed by atoms with Crippen molar-refractivity contribution in [3.8, 4) is 22.9 Å². The summed E-state index contributed by atoms with van der Waals surface area (Å²) in [4.78, 5) is 30.5. The second kappa shape index (κ2) is 7.95. The van der Waals surface area contributed by atoms with Crippen LogP contribution in [0.4, 0.5) is 0 Å². The van der Waals surface area contributed by atoms with Gasteiger partial charge in [-0.1, -0.05) is 6.07 Å². The summed E-state index contributed by atoms with van der Waals surface area (Å²) in [5.74, 6) is 1.23. The molecule has 3 heterocycles. The summed E-state index contributed by atoms with van der Waals surface area (Å²) < 4.78 is 11.8. The molecule has 29 heavy (non-hydrogen) atoms. The van der Waals surface area contributed by atoms with Gasteiger partial charge in [0.05, 0.1) is 17.8 Å². The number of nitrogens with zero attached hydrogens (tertiary/aromatic N) is 1. The summed E-state index contributed by atoms with van der Waals surface area (Å²) >= 11 is 0. The summed E-state index contributed by atoms with van der Waals surface area (Å²) in [6.45, 7) is 4.28. The molecule has 1 amide bonds. The molecule has 1 fully saturated rings. The number of H-pyrrole nitrogens is 1. The Bertz CT molecular complexity index is 1110. The van der Waals surface area contributed by atoms with E-state index in [-0.39, 0.29) is 23.6 Å². The van der Waals surface area contributed by atoms with Crippen molar-refractivity contribution in [2.45, 2.75) is 38.8 Å². The van der Waals surface area contributed by atoms with Crippen LogP contribution in [-0.4, -0.2) is 34.6 Å². The number of pyridine rings is 2. The lowest BCUT2D eigenvalue weighted by Gasteiger charge is -2.16. The predicted molar refractivity (Wildman–Crippen MR) is 110 cm³/mol. The van der Waals surface area contributed by atoms with Gasteiger partial charge in [0, 0.05) is 29.6 Å². The third-order valence-electron chi connectivity index (χ3n) is 4.76. The van der Waals surface area contributed by atoms with Gasteiger partial charge in [0.15, 0.2) is 0 Å². The Morgan fingerprint density at radius 2 is 2.03 bits per heavy atom. The van der Waals surface area contributed by atoms with Gasteiger partial charge in [0.2, 0.25) is 17.3 Å². The number of benzene rings is 1. The molecule has 0 unspecified atom stereocenters. The summed E-state index contributed by atoms with van der Waals surface area (Å²) in [7, 11) is 0. The van der Waals surface area contributed by atoms with Crippen molar-refractivity contribution < 1.29 is 14.3 Å². The Labute approximate surface area is 168 Å². The van der Waals surface area contributed by atoms with Gasteiger partial charge in [-0.3, -0.25) is 9.59 Å². The van der Waals surface area contributed by atoms with Crippen molar-refractivity contribution in [3.05, 3.63) is 52.9 Å². The van der Waals surface area contributed by atoms with Crippen LogP contribution >= 0.6 is 0 Å². The zero-order valence-electron chi connectivity index (χ0n) is 16.4. The highest BCUT2D eigenvalue weighted by Gasteiger charge is 2.22. The topological polar surface area (TPSA) is 93.3 Å². The van der Waals surface area contributed by atoms with E-state index in [9.17, 15) is 9.59 Å². The number of carbonyl (C=O) groups is 1. The first-order valence-electron chi connectivity index (χ1n) is 9.71. The third-order valence-corrected chi connectivity index (χ3v) is 4.76. The summed E-state index contributed by atoms with van der Waals surface area (Å²) in [6, 6.07) is 10.7. The molecule has 1 aliphatic heterocycles. The van der Waals surface area contributed by atoms with Crippen molar-refractivity contribution in [3.63, 3.8) is 0 Å². The Balaban J connectivity index is 1.74. The molecule has 2 N–H and O–H groups in total. The number of hydrogen-bond acceptors (Lipinski definition) is 5. The highest BCUT2D eigenvalue weighted by molar-refractivity contribution is 5.98. The van der Waals surface area contributed by atoms with Crippen molar-refractivity contribution in [2.24, 2.45) is 0 Å². The van der Waals surface area contributed by atoms with Gasteiger partial charge in [-0.05, 0) is 49.9 Å². The van der Waals surface area contributed by atoms with Crippen LogP contribution in [0, 0.1) is 0 Å². The van der Waals surface area contributed by atoms with Crippen LogP contribution in [0.3, 0.4) is 0 Å². The molecule has 1 atom stereocenters. The first kappa shape index (κ1) is 19.0. The molecule has 0 bridgehead atoms. The molecular weight excluding hydrogens is 370 g/mol. The molecule has 1 aliphatic rings. The number of aromatic amines is 1. The molecule has 7 nitrogen and oxygen atoms in total. The molecule has 3 aromatic rings. The average molecular weight is 393 g/mol. The van der Waals surface area contributed by atoms with Gasteiger partial charge >= 0.3 is 0 Å². The fourth-order valence-electron chi connectivity index (χ4n) is 3.46. The second-order valence-corrected chi connectivity index (χ2v) is 7.39. The molecule has 7 heteroatoms. The largest absolute Gasteiger partial charge is 0.491 e. The Kier molecular flexibility index (Phi) is 5.20. The van der Waals surface area contributed by atoms with Crippen molar-refractivity contribution >= 4 is 16.7 Å². The minimum absolute atomic E-state index is 0.0143. The lowest BCUT2D eigenvalue weighted by molar-refractivity contribution is -0.119. The number of nitrogens with one attached hydrogen (secondary N) is 2. The fourth-order valence-corrected chi connectivity index (χ4v) is 3.46. The summed E-state index contributed by atoms with van der Waals surface area (Å²) in [5, 5.41) is 4.58. The summed E-state index contributed by atoms with van der Waals surface area (Å²) in [5.41, 5.74) is 1.31. The lowest BCUT2D eigenvalue weighted by Crippen LogP contribution is -2.31. The van der Waals surface area contributed by atoms with Gasteiger partial charge in [-0.15, -0.1) is 0 Å². The van der Waals surface area contributed by atoms with E-state index in [2.05, 4.69) is 15.3 Å². The number of rotatable bonds is 6. The first-order chi connectivity index (χ1) is 14.0. The highest BCUT2D eigenvalue weighted by atomic mass is 16.5. The highest BCUT2D eigenvalue weighted by Crippen LogP contribution is 2.34. The van der Waals surface area contributed by atoms with Gasteiger partial charge in [0.1, 0.15) is 12.4 Å². The predicted octanol–water partition coefficient (Wildman–Crippen LogP) is 3.03. The minimum Gasteiger partial charge on any atom is -0.491 e. The van der Waals surface area contributed by atoms with Crippen LogP contribution in [0.1, 0.15) is 26.7 Å². The maximum atomic E-state index is 11.8. The molecule has 150 valence electrons.